The first kappa shape index (κ1) is 17.5. The summed E-state index contributed by atoms with van der Waals surface area (Å²) in [6, 6.07) is 5.40. The van der Waals surface area contributed by atoms with E-state index < -0.39 is 0 Å². The summed E-state index contributed by atoms with van der Waals surface area (Å²) in [7, 11) is 3.17. The molecule has 5 nitrogen and oxygen atoms in total. The highest BCUT2D eigenvalue weighted by atomic mass is 35.5. The molecule has 0 aliphatic rings. The zero-order chi connectivity index (χ0) is 13.4. The number of rotatable bonds is 7. The van der Waals surface area contributed by atoms with Crippen molar-refractivity contribution >= 4 is 18.3 Å². The minimum atomic E-state index is -0.0463. The molecule has 0 heterocycles. The van der Waals surface area contributed by atoms with Crippen LogP contribution in [0.2, 0.25) is 0 Å². The van der Waals surface area contributed by atoms with Crippen LogP contribution in [0.1, 0.15) is 12.0 Å². The number of ether oxygens (including phenoxy) is 2. The molecule has 0 radical (unpaired) electrons. The Balaban J connectivity index is 0.00000324. The molecule has 0 spiro atoms. The van der Waals surface area contributed by atoms with Crippen LogP contribution >= 0.6 is 12.4 Å². The Bertz CT molecular complexity index is 399. The van der Waals surface area contributed by atoms with Gasteiger partial charge in [0.2, 0.25) is 5.91 Å². The van der Waals surface area contributed by atoms with Gasteiger partial charge < -0.3 is 20.5 Å². The summed E-state index contributed by atoms with van der Waals surface area (Å²) in [6.07, 6.45) is 1.05. The van der Waals surface area contributed by atoms with Crippen molar-refractivity contribution in [3.63, 3.8) is 0 Å². The SMILES string of the molecule is COc1ccc(OC)c(CC(=O)NCCCN)c1.Cl. The van der Waals surface area contributed by atoms with Crippen LogP contribution in [-0.2, 0) is 11.2 Å². The number of hydrogen-bond acceptors (Lipinski definition) is 4. The molecule has 19 heavy (non-hydrogen) atoms. The Morgan fingerprint density at radius 1 is 1.32 bits per heavy atom. The fraction of sp³-hybridized carbons (Fsp3) is 0.462. The Morgan fingerprint density at radius 2 is 2.05 bits per heavy atom. The fourth-order valence-electron chi connectivity index (χ4n) is 1.59. The highest BCUT2D eigenvalue weighted by molar-refractivity contribution is 5.85. The first-order valence-corrected chi connectivity index (χ1v) is 5.89. The van der Waals surface area contributed by atoms with Gasteiger partial charge in [-0.15, -0.1) is 12.4 Å². The molecule has 0 saturated heterocycles. The lowest BCUT2D eigenvalue weighted by atomic mass is 10.1. The van der Waals surface area contributed by atoms with Crippen LogP contribution in [0.4, 0.5) is 0 Å². The maximum absolute atomic E-state index is 11.7. The van der Waals surface area contributed by atoms with Gasteiger partial charge in [0, 0.05) is 12.1 Å². The van der Waals surface area contributed by atoms with Gasteiger partial charge in [-0.25, -0.2) is 0 Å². The number of hydrogen-bond donors (Lipinski definition) is 2. The van der Waals surface area contributed by atoms with Crippen LogP contribution in [0, 0.1) is 0 Å². The molecule has 1 amide bonds. The van der Waals surface area contributed by atoms with Crippen LogP contribution in [-0.4, -0.2) is 33.2 Å². The molecule has 0 aliphatic heterocycles. The van der Waals surface area contributed by atoms with Crippen molar-refractivity contribution < 1.29 is 14.3 Å². The molecule has 1 rings (SSSR count). The third-order valence-electron chi connectivity index (χ3n) is 2.54. The van der Waals surface area contributed by atoms with E-state index in [1.165, 1.54) is 0 Å². The molecule has 0 unspecified atom stereocenters. The zero-order valence-electron chi connectivity index (χ0n) is 11.3. The van der Waals surface area contributed by atoms with E-state index in [1.54, 1.807) is 32.4 Å². The van der Waals surface area contributed by atoms with Gasteiger partial charge in [0.1, 0.15) is 11.5 Å². The number of carbonyl (C=O) groups is 1. The molecule has 0 saturated carbocycles. The molecule has 1 aromatic rings. The number of nitrogens with one attached hydrogen (secondary N) is 1. The van der Waals surface area contributed by atoms with Gasteiger partial charge in [0.15, 0.2) is 0 Å². The van der Waals surface area contributed by atoms with Crippen molar-refractivity contribution in [2.45, 2.75) is 12.8 Å². The maximum atomic E-state index is 11.7. The monoisotopic (exact) mass is 288 g/mol. The predicted octanol–water partition coefficient (Wildman–Crippen LogP) is 1.13. The van der Waals surface area contributed by atoms with Gasteiger partial charge in [-0.3, -0.25) is 4.79 Å². The van der Waals surface area contributed by atoms with Crippen LogP contribution < -0.4 is 20.5 Å². The summed E-state index contributed by atoms with van der Waals surface area (Å²) in [4.78, 5) is 11.7. The van der Waals surface area contributed by atoms with E-state index in [4.69, 9.17) is 15.2 Å². The Morgan fingerprint density at radius 3 is 2.63 bits per heavy atom. The highest BCUT2D eigenvalue weighted by Crippen LogP contribution is 2.24. The third kappa shape index (κ3) is 5.81. The predicted molar refractivity (Wildman–Crippen MR) is 77.2 cm³/mol. The van der Waals surface area contributed by atoms with E-state index in [0.717, 1.165) is 12.0 Å². The summed E-state index contributed by atoms with van der Waals surface area (Å²) in [6.45, 7) is 1.17. The summed E-state index contributed by atoms with van der Waals surface area (Å²) in [5.74, 6) is 1.35. The van der Waals surface area contributed by atoms with Gasteiger partial charge in [-0.1, -0.05) is 0 Å². The summed E-state index contributed by atoms with van der Waals surface area (Å²) in [5.41, 5.74) is 6.17. The largest absolute Gasteiger partial charge is 0.497 e. The number of benzene rings is 1. The first-order valence-electron chi connectivity index (χ1n) is 5.89. The molecule has 6 heteroatoms. The Labute approximate surface area is 119 Å². The van der Waals surface area contributed by atoms with Crippen LogP contribution in [0.3, 0.4) is 0 Å². The third-order valence-corrected chi connectivity index (χ3v) is 2.54. The molecule has 0 fully saturated rings. The maximum Gasteiger partial charge on any atom is 0.224 e. The van der Waals surface area contributed by atoms with E-state index in [2.05, 4.69) is 5.32 Å². The lowest BCUT2D eigenvalue weighted by Gasteiger charge is -2.10. The van der Waals surface area contributed by atoms with Gasteiger partial charge in [0.05, 0.1) is 20.6 Å². The standard InChI is InChI=1S/C13H20N2O3.ClH/c1-17-11-4-5-12(18-2)10(8-11)9-13(16)15-7-3-6-14;/h4-5,8H,3,6-7,9,14H2,1-2H3,(H,15,16);1H. The summed E-state index contributed by atoms with van der Waals surface area (Å²) >= 11 is 0. The topological polar surface area (TPSA) is 73.6 Å². The van der Waals surface area contributed by atoms with Crippen molar-refractivity contribution in [3.05, 3.63) is 23.8 Å². The number of nitrogens with two attached hydrogens (primary N) is 1. The molecule has 108 valence electrons. The lowest BCUT2D eigenvalue weighted by molar-refractivity contribution is -0.120. The van der Waals surface area contributed by atoms with Gasteiger partial charge in [0.25, 0.3) is 0 Å². The summed E-state index contributed by atoms with van der Waals surface area (Å²) < 4.78 is 10.3. The van der Waals surface area contributed by atoms with Crippen molar-refractivity contribution in [3.8, 4) is 11.5 Å². The number of halogens is 1. The second kappa shape index (κ2) is 9.47. The van der Waals surface area contributed by atoms with E-state index in [9.17, 15) is 4.79 Å². The van der Waals surface area contributed by atoms with Crippen molar-refractivity contribution in [1.29, 1.82) is 0 Å². The number of methoxy groups -OCH3 is 2. The van der Waals surface area contributed by atoms with E-state index in [0.29, 0.717) is 24.6 Å². The lowest BCUT2D eigenvalue weighted by Crippen LogP contribution is -2.27. The van der Waals surface area contributed by atoms with Crippen molar-refractivity contribution in [1.82, 2.24) is 5.32 Å². The van der Waals surface area contributed by atoms with E-state index in [-0.39, 0.29) is 24.7 Å². The zero-order valence-corrected chi connectivity index (χ0v) is 12.1. The Hall–Kier alpha value is -1.46. The van der Waals surface area contributed by atoms with Crippen molar-refractivity contribution in [2.24, 2.45) is 5.73 Å². The minimum absolute atomic E-state index is 0. The van der Waals surface area contributed by atoms with Gasteiger partial charge >= 0.3 is 0 Å². The second-order valence-electron chi connectivity index (χ2n) is 3.85. The van der Waals surface area contributed by atoms with Crippen molar-refractivity contribution in [2.75, 3.05) is 27.3 Å². The molecular weight excluding hydrogens is 268 g/mol. The second-order valence-corrected chi connectivity index (χ2v) is 3.85. The molecule has 0 aromatic heterocycles. The number of amides is 1. The highest BCUT2D eigenvalue weighted by Gasteiger charge is 2.09. The molecule has 0 bridgehead atoms. The van der Waals surface area contributed by atoms with Crippen LogP contribution in [0.25, 0.3) is 0 Å². The minimum Gasteiger partial charge on any atom is -0.497 e. The Kier molecular flexibility index (Phi) is 8.74. The molecule has 1 aromatic carbocycles. The van der Waals surface area contributed by atoms with Gasteiger partial charge in [-0.05, 0) is 31.2 Å². The molecular formula is C13H21ClN2O3. The van der Waals surface area contributed by atoms with E-state index >= 15 is 0 Å². The summed E-state index contributed by atoms with van der Waals surface area (Å²) in [5, 5.41) is 2.81. The van der Waals surface area contributed by atoms with Crippen LogP contribution in [0.5, 0.6) is 11.5 Å². The van der Waals surface area contributed by atoms with Crippen LogP contribution in [0.15, 0.2) is 18.2 Å². The molecule has 3 N–H and O–H groups in total. The normalized spacial score (nSPS) is 9.42. The molecule has 0 aliphatic carbocycles. The van der Waals surface area contributed by atoms with Gasteiger partial charge in [-0.2, -0.15) is 0 Å². The molecule has 0 atom stereocenters. The average Bonchev–Trinajstić information content (AvgIpc) is 2.39. The van der Waals surface area contributed by atoms with E-state index in [1.807, 2.05) is 0 Å². The first-order chi connectivity index (χ1) is 8.71. The fourth-order valence-corrected chi connectivity index (χ4v) is 1.59. The smallest absolute Gasteiger partial charge is 0.224 e. The quantitative estimate of drug-likeness (QED) is 0.738. The average molecular weight is 289 g/mol. The number of carbonyl (C=O) groups excluding carboxylic acids is 1.